The van der Waals surface area contributed by atoms with Crippen LogP contribution in [0.15, 0.2) is 57.9 Å². The van der Waals surface area contributed by atoms with Crippen LogP contribution in [-0.4, -0.2) is 19.9 Å². The fourth-order valence-corrected chi connectivity index (χ4v) is 3.33. The molecule has 0 aliphatic carbocycles. The highest BCUT2D eigenvalue weighted by Crippen LogP contribution is 2.20. The fraction of sp³-hybridized carbons (Fsp3) is 0.278. The van der Waals surface area contributed by atoms with Gasteiger partial charge in [-0.05, 0) is 62.7 Å². The van der Waals surface area contributed by atoms with Gasteiger partial charge in [0, 0.05) is 21.3 Å². The largest absolute Gasteiger partial charge is 0.347 e. The zero-order valence-corrected chi connectivity index (χ0v) is 16.7. The van der Waals surface area contributed by atoms with E-state index in [9.17, 15) is 13.2 Å². The van der Waals surface area contributed by atoms with Crippen LogP contribution in [0, 0.1) is 0 Å². The number of anilines is 1. The van der Waals surface area contributed by atoms with Crippen molar-refractivity contribution in [1.82, 2.24) is 5.32 Å². The van der Waals surface area contributed by atoms with Crippen LogP contribution in [0.1, 0.15) is 37.6 Å². The standard InChI is InChI=1S/C18H21BrN2O3S/c1-4-18(2,3)20-17(22)13-6-5-7-15(12-13)21-25(23,24)16-10-8-14(19)9-11-16/h5-12,21H,4H2,1-3H3,(H,20,22). The minimum absolute atomic E-state index is 0.151. The molecule has 0 atom stereocenters. The van der Waals surface area contributed by atoms with E-state index in [0.717, 1.165) is 10.9 Å². The number of carbonyl (C=O) groups is 1. The van der Waals surface area contributed by atoms with Crippen LogP contribution < -0.4 is 10.0 Å². The van der Waals surface area contributed by atoms with Gasteiger partial charge >= 0.3 is 0 Å². The molecule has 2 aromatic rings. The van der Waals surface area contributed by atoms with Crippen molar-refractivity contribution in [3.63, 3.8) is 0 Å². The maximum absolute atomic E-state index is 12.4. The molecule has 2 rings (SSSR count). The monoisotopic (exact) mass is 424 g/mol. The first-order chi connectivity index (χ1) is 11.6. The van der Waals surface area contributed by atoms with Gasteiger partial charge in [-0.3, -0.25) is 9.52 Å². The summed E-state index contributed by atoms with van der Waals surface area (Å²) in [5, 5.41) is 2.93. The third-order valence-electron chi connectivity index (χ3n) is 3.84. The van der Waals surface area contributed by atoms with E-state index in [1.165, 1.54) is 18.2 Å². The second-order valence-corrected chi connectivity index (χ2v) is 8.93. The molecule has 5 nitrogen and oxygen atoms in total. The minimum Gasteiger partial charge on any atom is -0.347 e. The summed E-state index contributed by atoms with van der Waals surface area (Å²) >= 11 is 3.27. The summed E-state index contributed by atoms with van der Waals surface area (Å²) in [4.78, 5) is 12.5. The maximum atomic E-state index is 12.4. The minimum atomic E-state index is -3.71. The molecule has 0 heterocycles. The Morgan fingerprint density at radius 2 is 1.76 bits per heavy atom. The average Bonchev–Trinajstić information content (AvgIpc) is 2.54. The summed E-state index contributed by atoms with van der Waals surface area (Å²) in [5.41, 5.74) is 0.409. The molecule has 0 unspecified atom stereocenters. The molecule has 0 fully saturated rings. The molecule has 0 aromatic heterocycles. The first kappa shape index (κ1) is 19.5. The van der Waals surface area contributed by atoms with Gasteiger partial charge < -0.3 is 5.32 Å². The predicted molar refractivity (Wildman–Crippen MR) is 103 cm³/mol. The summed E-state index contributed by atoms with van der Waals surface area (Å²) in [5.74, 6) is -0.239. The lowest BCUT2D eigenvalue weighted by atomic mass is 10.0. The van der Waals surface area contributed by atoms with Crippen molar-refractivity contribution in [3.05, 3.63) is 58.6 Å². The van der Waals surface area contributed by atoms with Gasteiger partial charge in [0.25, 0.3) is 15.9 Å². The molecule has 0 saturated heterocycles. The van der Waals surface area contributed by atoms with Crippen LogP contribution in [0.3, 0.4) is 0 Å². The van der Waals surface area contributed by atoms with Crippen molar-refractivity contribution in [2.75, 3.05) is 4.72 Å². The molecule has 1 amide bonds. The van der Waals surface area contributed by atoms with Gasteiger partial charge in [0.2, 0.25) is 0 Å². The molecular formula is C18H21BrN2O3S. The van der Waals surface area contributed by atoms with E-state index in [-0.39, 0.29) is 16.3 Å². The summed E-state index contributed by atoms with van der Waals surface area (Å²) in [6.45, 7) is 5.86. The Labute approximate surface area is 157 Å². The maximum Gasteiger partial charge on any atom is 0.261 e. The second-order valence-electron chi connectivity index (χ2n) is 6.33. The van der Waals surface area contributed by atoms with Crippen molar-refractivity contribution in [1.29, 1.82) is 0 Å². The molecule has 2 N–H and O–H groups in total. The molecule has 134 valence electrons. The molecule has 0 radical (unpaired) electrons. The number of hydrogen-bond donors (Lipinski definition) is 2. The van der Waals surface area contributed by atoms with Gasteiger partial charge in [0.15, 0.2) is 0 Å². The van der Waals surface area contributed by atoms with Crippen LogP contribution in [0.25, 0.3) is 0 Å². The Kier molecular flexibility index (Phi) is 5.90. The summed E-state index contributed by atoms with van der Waals surface area (Å²) in [6.07, 6.45) is 0.786. The molecule has 0 spiro atoms. The number of nitrogens with one attached hydrogen (secondary N) is 2. The highest BCUT2D eigenvalue weighted by atomic mass is 79.9. The normalized spacial score (nSPS) is 11.8. The number of amides is 1. The van der Waals surface area contributed by atoms with Gasteiger partial charge in [-0.2, -0.15) is 0 Å². The molecular weight excluding hydrogens is 404 g/mol. The van der Waals surface area contributed by atoms with Crippen LogP contribution >= 0.6 is 15.9 Å². The zero-order chi connectivity index (χ0) is 18.7. The summed E-state index contributed by atoms with van der Waals surface area (Å²) in [6, 6.07) is 12.8. The van der Waals surface area contributed by atoms with E-state index in [1.807, 2.05) is 20.8 Å². The van der Waals surface area contributed by atoms with E-state index in [2.05, 4.69) is 26.0 Å². The smallest absolute Gasteiger partial charge is 0.261 e. The van der Waals surface area contributed by atoms with Gasteiger partial charge in [-0.25, -0.2) is 8.42 Å². The topological polar surface area (TPSA) is 75.3 Å². The van der Waals surface area contributed by atoms with Crippen LogP contribution in [0.5, 0.6) is 0 Å². The lowest BCUT2D eigenvalue weighted by molar-refractivity contribution is 0.0911. The molecule has 0 aliphatic heterocycles. The Morgan fingerprint density at radius 1 is 1.12 bits per heavy atom. The van der Waals surface area contributed by atoms with E-state index >= 15 is 0 Å². The Bertz CT molecular complexity index is 862. The van der Waals surface area contributed by atoms with Gasteiger partial charge in [-0.15, -0.1) is 0 Å². The van der Waals surface area contributed by atoms with E-state index in [4.69, 9.17) is 0 Å². The Morgan fingerprint density at radius 3 is 2.36 bits per heavy atom. The van der Waals surface area contributed by atoms with Crippen molar-refractivity contribution >= 4 is 37.5 Å². The summed E-state index contributed by atoms with van der Waals surface area (Å²) in [7, 11) is -3.71. The highest BCUT2D eigenvalue weighted by Gasteiger charge is 2.20. The van der Waals surface area contributed by atoms with Gasteiger partial charge in [-0.1, -0.05) is 28.9 Å². The molecule has 7 heteroatoms. The number of benzene rings is 2. The van der Waals surface area contributed by atoms with Crippen LogP contribution in [0.4, 0.5) is 5.69 Å². The quantitative estimate of drug-likeness (QED) is 0.730. The van der Waals surface area contributed by atoms with Crippen molar-refractivity contribution in [3.8, 4) is 0 Å². The number of hydrogen-bond acceptors (Lipinski definition) is 3. The molecule has 25 heavy (non-hydrogen) atoms. The third-order valence-corrected chi connectivity index (χ3v) is 5.76. The predicted octanol–water partition coefficient (Wildman–Crippen LogP) is 4.17. The second kappa shape index (κ2) is 7.58. The highest BCUT2D eigenvalue weighted by molar-refractivity contribution is 9.10. The third kappa shape index (κ3) is 5.31. The number of sulfonamides is 1. The number of carbonyl (C=O) groups excluding carboxylic acids is 1. The van der Waals surface area contributed by atoms with Gasteiger partial charge in [0.05, 0.1) is 4.90 Å². The molecule has 2 aromatic carbocycles. The van der Waals surface area contributed by atoms with Crippen molar-refractivity contribution in [2.24, 2.45) is 0 Å². The number of rotatable bonds is 6. The Balaban J connectivity index is 2.21. The van der Waals surface area contributed by atoms with E-state index < -0.39 is 10.0 Å². The van der Waals surface area contributed by atoms with Crippen LogP contribution in [0.2, 0.25) is 0 Å². The van der Waals surface area contributed by atoms with E-state index in [1.54, 1.807) is 30.3 Å². The first-order valence-electron chi connectivity index (χ1n) is 7.84. The van der Waals surface area contributed by atoms with Crippen molar-refractivity contribution < 1.29 is 13.2 Å². The van der Waals surface area contributed by atoms with Gasteiger partial charge in [0.1, 0.15) is 0 Å². The van der Waals surface area contributed by atoms with Crippen molar-refractivity contribution in [2.45, 2.75) is 37.6 Å². The fourth-order valence-electron chi connectivity index (χ4n) is 2.02. The van der Waals surface area contributed by atoms with E-state index in [0.29, 0.717) is 11.3 Å². The molecule has 0 bridgehead atoms. The molecule has 0 aliphatic rings. The summed E-state index contributed by atoms with van der Waals surface area (Å²) < 4.78 is 28.2. The average molecular weight is 425 g/mol. The number of halogens is 1. The lowest BCUT2D eigenvalue weighted by Gasteiger charge is -2.24. The lowest BCUT2D eigenvalue weighted by Crippen LogP contribution is -2.42. The zero-order valence-electron chi connectivity index (χ0n) is 14.3. The van der Waals surface area contributed by atoms with Crippen LogP contribution in [-0.2, 0) is 10.0 Å². The first-order valence-corrected chi connectivity index (χ1v) is 10.1. The Hall–Kier alpha value is -1.86. The molecule has 0 saturated carbocycles. The SMILES string of the molecule is CCC(C)(C)NC(=O)c1cccc(NS(=O)(=O)c2ccc(Br)cc2)c1.